The lowest BCUT2D eigenvalue weighted by atomic mass is 10.0. The van der Waals surface area contributed by atoms with Crippen LogP contribution in [0.2, 0.25) is 0 Å². The zero-order valence-electron chi connectivity index (χ0n) is 15.3. The molecule has 1 aromatic heterocycles. The fourth-order valence-corrected chi connectivity index (χ4v) is 4.36. The van der Waals surface area contributed by atoms with Crippen molar-refractivity contribution >= 4 is 28.6 Å². The SMILES string of the molecule is CCC(CC)(Sc1ccnc2ccc(-c3cccc(C)c3)cc12)C(=O)O. The third-order valence-electron chi connectivity index (χ3n) is 4.89. The molecule has 3 rings (SSSR count). The minimum Gasteiger partial charge on any atom is -0.480 e. The molecular formula is C22H23NO2S. The number of carbonyl (C=O) groups is 1. The summed E-state index contributed by atoms with van der Waals surface area (Å²) in [5, 5.41) is 10.8. The van der Waals surface area contributed by atoms with E-state index >= 15 is 0 Å². The predicted octanol–water partition coefficient (Wildman–Crippen LogP) is 5.95. The Hall–Kier alpha value is -2.33. The molecule has 0 atom stereocenters. The lowest BCUT2D eigenvalue weighted by Crippen LogP contribution is -2.33. The van der Waals surface area contributed by atoms with Crippen molar-refractivity contribution in [2.24, 2.45) is 0 Å². The molecule has 0 spiro atoms. The molecule has 0 unspecified atom stereocenters. The molecule has 0 saturated heterocycles. The van der Waals surface area contributed by atoms with E-state index in [1.165, 1.54) is 17.3 Å². The average molecular weight is 365 g/mol. The van der Waals surface area contributed by atoms with Crippen LogP contribution in [0.4, 0.5) is 0 Å². The van der Waals surface area contributed by atoms with E-state index in [4.69, 9.17) is 0 Å². The van der Waals surface area contributed by atoms with Crippen molar-refractivity contribution in [3.8, 4) is 11.1 Å². The number of thioether (sulfide) groups is 1. The highest BCUT2D eigenvalue weighted by atomic mass is 32.2. The zero-order valence-corrected chi connectivity index (χ0v) is 16.1. The topological polar surface area (TPSA) is 50.2 Å². The van der Waals surface area contributed by atoms with Gasteiger partial charge in [-0.3, -0.25) is 9.78 Å². The van der Waals surface area contributed by atoms with Crippen LogP contribution in [0.25, 0.3) is 22.0 Å². The van der Waals surface area contributed by atoms with E-state index < -0.39 is 10.7 Å². The molecule has 3 nitrogen and oxygen atoms in total. The first-order chi connectivity index (χ1) is 12.5. The van der Waals surface area contributed by atoms with Gasteiger partial charge in [0, 0.05) is 16.5 Å². The molecule has 0 aliphatic rings. The van der Waals surface area contributed by atoms with Gasteiger partial charge in [-0.1, -0.05) is 49.7 Å². The van der Waals surface area contributed by atoms with Gasteiger partial charge in [-0.25, -0.2) is 0 Å². The molecule has 26 heavy (non-hydrogen) atoms. The summed E-state index contributed by atoms with van der Waals surface area (Å²) >= 11 is 1.44. The first kappa shape index (κ1) is 18.5. The Labute approximate surface area is 158 Å². The Morgan fingerprint density at radius 3 is 2.46 bits per heavy atom. The number of hydrogen-bond donors (Lipinski definition) is 1. The molecule has 1 N–H and O–H groups in total. The van der Waals surface area contributed by atoms with Crippen LogP contribution in [0.5, 0.6) is 0 Å². The van der Waals surface area contributed by atoms with Crippen molar-refractivity contribution in [3.05, 3.63) is 60.3 Å². The molecule has 2 aromatic carbocycles. The number of carboxylic acid groups (broad SMARTS) is 1. The third kappa shape index (κ3) is 3.47. The van der Waals surface area contributed by atoms with Crippen LogP contribution in [-0.4, -0.2) is 20.8 Å². The van der Waals surface area contributed by atoms with Crippen molar-refractivity contribution < 1.29 is 9.90 Å². The van der Waals surface area contributed by atoms with Crippen molar-refractivity contribution in [1.82, 2.24) is 4.98 Å². The van der Waals surface area contributed by atoms with E-state index in [0.717, 1.165) is 26.9 Å². The Bertz CT molecular complexity index is 948. The van der Waals surface area contributed by atoms with Gasteiger partial charge in [0.15, 0.2) is 0 Å². The number of pyridine rings is 1. The smallest absolute Gasteiger partial charge is 0.320 e. The van der Waals surface area contributed by atoms with Gasteiger partial charge in [-0.15, -0.1) is 11.8 Å². The van der Waals surface area contributed by atoms with Gasteiger partial charge in [-0.2, -0.15) is 0 Å². The summed E-state index contributed by atoms with van der Waals surface area (Å²) in [5.74, 6) is -0.757. The second kappa shape index (κ2) is 7.50. The van der Waals surface area contributed by atoms with Crippen LogP contribution in [0, 0.1) is 6.92 Å². The minimum atomic E-state index is -0.812. The van der Waals surface area contributed by atoms with E-state index in [1.54, 1.807) is 6.20 Å². The van der Waals surface area contributed by atoms with Crippen molar-refractivity contribution in [2.45, 2.75) is 43.3 Å². The minimum absolute atomic E-state index is 0.574. The van der Waals surface area contributed by atoms with Gasteiger partial charge in [0.2, 0.25) is 0 Å². The largest absolute Gasteiger partial charge is 0.480 e. The van der Waals surface area contributed by atoms with Gasteiger partial charge < -0.3 is 5.11 Å². The molecule has 0 bridgehead atoms. The van der Waals surface area contributed by atoms with Gasteiger partial charge >= 0.3 is 5.97 Å². The first-order valence-electron chi connectivity index (χ1n) is 8.87. The Kier molecular flexibility index (Phi) is 5.33. The van der Waals surface area contributed by atoms with Crippen LogP contribution in [-0.2, 0) is 4.79 Å². The maximum Gasteiger partial charge on any atom is 0.320 e. The monoisotopic (exact) mass is 365 g/mol. The summed E-state index contributed by atoms with van der Waals surface area (Å²) in [6, 6.07) is 16.5. The average Bonchev–Trinajstić information content (AvgIpc) is 2.65. The second-order valence-electron chi connectivity index (χ2n) is 6.52. The van der Waals surface area contributed by atoms with Crippen LogP contribution in [0.3, 0.4) is 0 Å². The molecule has 4 heteroatoms. The first-order valence-corrected chi connectivity index (χ1v) is 9.69. The molecule has 3 aromatic rings. The number of fused-ring (bicyclic) bond motifs is 1. The molecule has 0 aliphatic carbocycles. The number of aliphatic carboxylic acids is 1. The fourth-order valence-electron chi connectivity index (χ4n) is 3.17. The van der Waals surface area contributed by atoms with E-state index in [1.807, 2.05) is 26.0 Å². The number of hydrogen-bond acceptors (Lipinski definition) is 3. The Morgan fingerprint density at radius 2 is 1.81 bits per heavy atom. The van der Waals surface area contributed by atoms with Crippen LogP contribution < -0.4 is 0 Å². The molecule has 1 heterocycles. The molecule has 0 amide bonds. The maximum atomic E-state index is 11.9. The van der Waals surface area contributed by atoms with Crippen molar-refractivity contribution in [1.29, 1.82) is 0 Å². The lowest BCUT2D eigenvalue weighted by molar-refractivity contribution is -0.140. The predicted molar refractivity (Wildman–Crippen MR) is 109 cm³/mol. The number of nitrogens with zero attached hydrogens (tertiary/aromatic N) is 1. The lowest BCUT2D eigenvalue weighted by Gasteiger charge is -2.26. The highest BCUT2D eigenvalue weighted by Crippen LogP contribution is 2.42. The number of carboxylic acids is 1. The van der Waals surface area contributed by atoms with Crippen LogP contribution >= 0.6 is 11.8 Å². The highest BCUT2D eigenvalue weighted by Gasteiger charge is 2.36. The summed E-state index contributed by atoms with van der Waals surface area (Å²) in [6.45, 7) is 5.95. The van der Waals surface area contributed by atoms with Crippen LogP contribution in [0.1, 0.15) is 32.3 Å². The van der Waals surface area contributed by atoms with Gasteiger partial charge in [0.05, 0.1) is 5.52 Å². The summed E-state index contributed by atoms with van der Waals surface area (Å²) in [7, 11) is 0. The molecule has 0 fully saturated rings. The summed E-state index contributed by atoms with van der Waals surface area (Å²) in [5.41, 5.74) is 4.37. The number of benzene rings is 2. The van der Waals surface area contributed by atoms with Crippen molar-refractivity contribution in [2.75, 3.05) is 0 Å². The molecule has 0 aliphatic heterocycles. The summed E-state index contributed by atoms with van der Waals surface area (Å²) in [4.78, 5) is 17.3. The quantitative estimate of drug-likeness (QED) is 0.549. The molecular weight excluding hydrogens is 342 g/mol. The van der Waals surface area contributed by atoms with Gasteiger partial charge in [-0.05, 0) is 49.1 Å². The summed E-state index contributed by atoms with van der Waals surface area (Å²) < 4.78 is -0.812. The van der Waals surface area contributed by atoms with Gasteiger partial charge in [0.25, 0.3) is 0 Å². The maximum absolute atomic E-state index is 11.9. The van der Waals surface area contributed by atoms with E-state index in [0.29, 0.717) is 12.8 Å². The third-order valence-corrected chi connectivity index (χ3v) is 6.61. The number of aromatic nitrogens is 1. The number of rotatable bonds is 6. The Morgan fingerprint density at radius 1 is 1.08 bits per heavy atom. The van der Waals surface area contributed by atoms with E-state index in [9.17, 15) is 9.90 Å². The molecule has 0 radical (unpaired) electrons. The summed E-state index contributed by atoms with van der Waals surface area (Å²) in [6.07, 6.45) is 2.91. The highest BCUT2D eigenvalue weighted by molar-refractivity contribution is 8.01. The second-order valence-corrected chi connectivity index (χ2v) is 7.94. The van der Waals surface area contributed by atoms with E-state index in [2.05, 4.69) is 48.3 Å². The van der Waals surface area contributed by atoms with Gasteiger partial charge in [0.1, 0.15) is 4.75 Å². The van der Waals surface area contributed by atoms with E-state index in [-0.39, 0.29) is 0 Å². The fraction of sp³-hybridized carbons (Fsp3) is 0.273. The molecule has 0 saturated carbocycles. The van der Waals surface area contributed by atoms with Crippen LogP contribution in [0.15, 0.2) is 59.6 Å². The number of aryl methyl sites for hydroxylation is 1. The normalized spacial score (nSPS) is 11.7. The Balaban J connectivity index is 2.12. The molecule has 134 valence electrons. The standard InChI is InChI=1S/C22H23NO2S/c1-4-22(5-2,21(24)25)26-20-11-12-23-19-10-9-17(14-18(19)20)16-8-6-7-15(3)13-16/h6-14H,4-5H2,1-3H3,(H,24,25). The van der Waals surface area contributed by atoms with Crippen molar-refractivity contribution in [3.63, 3.8) is 0 Å². The zero-order chi connectivity index (χ0) is 18.7.